The number of hydrogen-bond donors (Lipinski definition) is 1. The second kappa shape index (κ2) is 8.66. The van der Waals surface area contributed by atoms with Gasteiger partial charge in [-0.3, -0.25) is 4.79 Å². The smallest absolute Gasteiger partial charge is 0.230 e. The third kappa shape index (κ3) is 4.94. The standard InChI is InChI=1S/C19H18N2OS2/c22-18(20-12-11-15-7-3-1-4-8-15)14-24-19-21-17(13-23-19)16-9-5-2-6-10-16/h1-10,13H,11-12,14H2,(H,20,22). The molecule has 0 fully saturated rings. The monoisotopic (exact) mass is 354 g/mol. The van der Waals surface area contributed by atoms with Gasteiger partial charge in [-0.1, -0.05) is 72.4 Å². The zero-order chi connectivity index (χ0) is 16.6. The van der Waals surface area contributed by atoms with Crippen LogP contribution < -0.4 is 5.32 Å². The van der Waals surface area contributed by atoms with Crippen LogP contribution in [0.4, 0.5) is 0 Å². The lowest BCUT2D eigenvalue weighted by molar-refractivity contribution is -0.118. The fourth-order valence-corrected chi connectivity index (χ4v) is 3.90. The number of thiazole rings is 1. The second-order valence-electron chi connectivity index (χ2n) is 5.24. The molecule has 122 valence electrons. The Morgan fingerprint density at radius 1 is 1.04 bits per heavy atom. The third-order valence-electron chi connectivity index (χ3n) is 3.46. The van der Waals surface area contributed by atoms with Gasteiger partial charge in [0.05, 0.1) is 11.4 Å². The first-order chi connectivity index (χ1) is 11.8. The lowest BCUT2D eigenvalue weighted by Crippen LogP contribution is -2.27. The van der Waals surface area contributed by atoms with Crippen LogP contribution in [0.25, 0.3) is 11.3 Å². The molecule has 0 saturated carbocycles. The zero-order valence-electron chi connectivity index (χ0n) is 13.1. The molecule has 24 heavy (non-hydrogen) atoms. The Balaban J connectivity index is 1.42. The number of rotatable bonds is 7. The molecule has 0 aliphatic rings. The van der Waals surface area contributed by atoms with Gasteiger partial charge < -0.3 is 5.32 Å². The SMILES string of the molecule is O=C(CSc1nc(-c2ccccc2)cs1)NCCc1ccccc1. The molecule has 0 aliphatic carbocycles. The van der Waals surface area contributed by atoms with E-state index in [2.05, 4.69) is 22.4 Å². The Morgan fingerprint density at radius 3 is 2.50 bits per heavy atom. The number of benzene rings is 2. The number of nitrogens with zero attached hydrogens (tertiary/aromatic N) is 1. The highest BCUT2D eigenvalue weighted by molar-refractivity contribution is 8.01. The summed E-state index contributed by atoms with van der Waals surface area (Å²) in [5.41, 5.74) is 3.30. The molecular weight excluding hydrogens is 336 g/mol. The van der Waals surface area contributed by atoms with Crippen molar-refractivity contribution in [2.24, 2.45) is 0 Å². The molecule has 2 aromatic carbocycles. The van der Waals surface area contributed by atoms with Gasteiger partial charge in [0.25, 0.3) is 0 Å². The Bertz CT molecular complexity index is 772. The van der Waals surface area contributed by atoms with Crippen molar-refractivity contribution in [2.45, 2.75) is 10.8 Å². The summed E-state index contributed by atoms with van der Waals surface area (Å²) in [4.78, 5) is 16.5. The maximum Gasteiger partial charge on any atom is 0.230 e. The van der Waals surface area contributed by atoms with Gasteiger partial charge >= 0.3 is 0 Å². The molecule has 0 radical (unpaired) electrons. The lowest BCUT2D eigenvalue weighted by atomic mass is 10.1. The summed E-state index contributed by atoms with van der Waals surface area (Å²) >= 11 is 3.06. The van der Waals surface area contributed by atoms with E-state index in [1.807, 2.05) is 53.9 Å². The van der Waals surface area contributed by atoms with E-state index in [4.69, 9.17) is 0 Å². The van der Waals surface area contributed by atoms with Crippen molar-refractivity contribution in [3.05, 3.63) is 71.6 Å². The average Bonchev–Trinajstić information content (AvgIpc) is 3.11. The van der Waals surface area contributed by atoms with Gasteiger partial charge in [0, 0.05) is 17.5 Å². The van der Waals surface area contributed by atoms with Crippen LogP contribution in [0.15, 0.2) is 70.4 Å². The number of thioether (sulfide) groups is 1. The van der Waals surface area contributed by atoms with Gasteiger partial charge in [-0.2, -0.15) is 0 Å². The number of carbonyl (C=O) groups is 1. The molecular formula is C19H18N2OS2. The Morgan fingerprint density at radius 2 is 1.75 bits per heavy atom. The van der Waals surface area contributed by atoms with Gasteiger partial charge in [-0.25, -0.2) is 4.98 Å². The minimum atomic E-state index is 0.0485. The Labute approximate surface area is 150 Å². The summed E-state index contributed by atoms with van der Waals surface area (Å²) in [7, 11) is 0. The number of hydrogen-bond acceptors (Lipinski definition) is 4. The molecule has 0 saturated heterocycles. The summed E-state index contributed by atoms with van der Waals surface area (Å²) < 4.78 is 0.923. The molecule has 0 unspecified atom stereocenters. The van der Waals surface area contributed by atoms with Crippen molar-refractivity contribution >= 4 is 29.0 Å². The van der Waals surface area contributed by atoms with Crippen LogP contribution in [0.3, 0.4) is 0 Å². The molecule has 3 aromatic rings. The van der Waals surface area contributed by atoms with Crippen molar-refractivity contribution in [3.8, 4) is 11.3 Å². The Hall–Kier alpha value is -2.11. The molecule has 3 nitrogen and oxygen atoms in total. The first-order valence-corrected chi connectivity index (χ1v) is 9.62. The molecule has 3 rings (SSSR count). The number of amides is 1. The van der Waals surface area contributed by atoms with E-state index in [0.717, 1.165) is 22.0 Å². The number of aromatic nitrogens is 1. The zero-order valence-corrected chi connectivity index (χ0v) is 14.8. The van der Waals surface area contributed by atoms with Crippen LogP contribution in [-0.2, 0) is 11.2 Å². The number of carbonyl (C=O) groups excluding carboxylic acids is 1. The molecule has 1 amide bonds. The predicted molar refractivity (Wildman–Crippen MR) is 101 cm³/mol. The van der Waals surface area contributed by atoms with E-state index in [-0.39, 0.29) is 5.91 Å². The highest BCUT2D eigenvalue weighted by Crippen LogP contribution is 2.27. The fourth-order valence-electron chi connectivity index (χ4n) is 2.23. The first-order valence-electron chi connectivity index (χ1n) is 7.75. The second-order valence-corrected chi connectivity index (χ2v) is 7.32. The minimum Gasteiger partial charge on any atom is -0.355 e. The Kier molecular flexibility index (Phi) is 6.04. The summed E-state index contributed by atoms with van der Waals surface area (Å²) in [6.07, 6.45) is 0.854. The highest BCUT2D eigenvalue weighted by atomic mass is 32.2. The number of nitrogens with one attached hydrogen (secondary N) is 1. The van der Waals surface area contributed by atoms with Crippen molar-refractivity contribution in [2.75, 3.05) is 12.3 Å². The topological polar surface area (TPSA) is 42.0 Å². The molecule has 0 spiro atoms. The van der Waals surface area contributed by atoms with E-state index in [1.165, 1.54) is 17.3 Å². The molecule has 1 aromatic heterocycles. The van der Waals surface area contributed by atoms with E-state index in [0.29, 0.717) is 12.3 Å². The largest absolute Gasteiger partial charge is 0.355 e. The van der Waals surface area contributed by atoms with Crippen LogP contribution in [0.2, 0.25) is 0 Å². The van der Waals surface area contributed by atoms with Crippen molar-refractivity contribution in [3.63, 3.8) is 0 Å². The van der Waals surface area contributed by atoms with Crippen molar-refractivity contribution in [1.82, 2.24) is 10.3 Å². The van der Waals surface area contributed by atoms with E-state index in [9.17, 15) is 4.79 Å². The predicted octanol–water partition coefficient (Wildman–Crippen LogP) is 4.26. The molecule has 0 bridgehead atoms. The average molecular weight is 355 g/mol. The van der Waals surface area contributed by atoms with Crippen molar-refractivity contribution in [1.29, 1.82) is 0 Å². The van der Waals surface area contributed by atoms with Crippen LogP contribution >= 0.6 is 23.1 Å². The lowest BCUT2D eigenvalue weighted by Gasteiger charge is -2.04. The van der Waals surface area contributed by atoms with Gasteiger partial charge in [0.1, 0.15) is 0 Å². The molecule has 5 heteroatoms. The summed E-state index contributed by atoms with van der Waals surface area (Å²) in [5, 5.41) is 4.99. The molecule has 0 atom stereocenters. The van der Waals surface area contributed by atoms with Gasteiger partial charge in [0.15, 0.2) is 4.34 Å². The van der Waals surface area contributed by atoms with Gasteiger partial charge in [0.2, 0.25) is 5.91 Å². The van der Waals surface area contributed by atoms with Crippen LogP contribution in [-0.4, -0.2) is 23.2 Å². The summed E-state index contributed by atoms with van der Waals surface area (Å²) in [6.45, 7) is 0.663. The quantitative estimate of drug-likeness (QED) is 0.645. The summed E-state index contributed by atoms with van der Waals surface area (Å²) in [6, 6.07) is 20.2. The normalized spacial score (nSPS) is 10.5. The third-order valence-corrected chi connectivity index (χ3v) is 5.48. The maximum atomic E-state index is 11.9. The molecule has 0 aliphatic heterocycles. The van der Waals surface area contributed by atoms with Gasteiger partial charge in [-0.05, 0) is 12.0 Å². The van der Waals surface area contributed by atoms with Gasteiger partial charge in [-0.15, -0.1) is 11.3 Å². The molecule has 1 N–H and O–H groups in total. The van der Waals surface area contributed by atoms with E-state index in [1.54, 1.807) is 11.3 Å². The summed E-state index contributed by atoms with van der Waals surface area (Å²) in [5.74, 6) is 0.448. The fraction of sp³-hybridized carbons (Fsp3) is 0.158. The van der Waals surface area contributed by atoms with Crippen LogP contribution in [0.1, 0.15) is 5.56 Å². The van der Waals surface area contributed by atoms with Crippen LogP contribution in [0, 0.1) is 0 Å². The minimum absolute atomic E-state index is 0.0485. The maximum absolute atomic E-state index is 11.9. The van der Waals surface area contributed by atoms with E-state index >= 15 is 0 Å². The van der Waals surface area contributed by atoms with Crippen LogP contribution in [0.5, 0.6) is 0 Å². The van der Waals surface area contributed by atoms with Crippen molar-refractivity contribution < 1.29 is 4.79 Å². The highest BCUT2D eigenvalue weighted by Gasteiger charge is 2.07. The molecule has 1 heterocycles. The first kappa shape index (κ1) is 16.7. The van der Waals surface area contributed by atoms with E-state index < -0.39 is 0 Å².